The summed E-state index contributed by atoms with van der Waals surface area (Å²) in [6.45, 7) is 6.01. The molecule has 3 atom stereocenters. The number of nitrogens with zero attached hydrogens (tertiary/aromatic N) is 1. The Balaban J connectivity index is 2.04. The molecule has 20 heavy (non-hydrogen) atoms. The molecule has 116 valence electrons. The number of carboxylic acid groups (broad SMARTS) is 1. The van der Waals surface area contributed by atoms with Gasteiger partial charge in [-0.25, -0.2) is 0 Å². The summed E-state index contributed by atoms with van der Waals surface area (Å²) in [5, 5.41) is 13.0. The van der Waals surface area contributed by atoms with Crippen LogP contribution in [0.15, 0.2) is 0 Å². The van der Waals surface area contributed by atoms with Crippen molar-refractivity contribution in [2.24, 2.45) is 0 Å². The van der Waals surface area contributed by atoms with Gasteiger partial charge in [-0.3, -0.25) is 15.0 Å². The molecule has 0 aromatic heterocycles. The van der Waals surface area contributed by atoms with Crippen LogP contribution in [0.2, 0.25) is 0 Å². The fourth-order valence-electron chi connectivity index (χ4n) is 3.78. The van der Waals surface area contributed by atoms with Crippen molar-refractivity contribution in [3.8, 4) is 0 Å². The summed E-state index contributed by atoms with van der Waals surface area (Å²) in [7, 11) is 1.76. The molecule has 2 rings (SSSR count). The topological polar surface area (TPSA) is 61.8 Å². The first-order valence-electron chi connectivity index (χ1n) is 7.75. The highest BCUT2D eigenvalue weighted by Gasteiger charge is 2.45. The molecule has 1 aliphatic heterocycles. The van der Waals surface area contributed by atoms with Gasteiger partial charge in [0.2, 0.25) is 0 Å². The summed E-state index contributed by atoms with van der Waals surface area (Å²) in [5.41, 5.74) is -0.748. The summed E-state index contributed by atoms with van der Waals surface area (Å²) in [4.78, 5) is 14.2. The summed E-state index contributed by atoms with van der Waals surface area (Å²) >= 11 is 0. The number of nitrogens with one attached hydrogen (secondary N) is 1. The van der Waals surface area contributed by atoms with E-state index in [1.165, 1.54) is 0 Å². The van der Waals surface area contributed by atoms with E-state index in [-0.39, 0.29) is 6.04 Å². The molecular weight excluding hydrogens is 256 g/mol. The molecule has 1 aliphatic carbocycles. The SMILES string of the molecule is COC1CCN(C2CCCC(NC(C)C)(C(=O)O)C2)C1. The molecule has 0 amide bonds. The maximum absolute atomic E-state index is 11.8. The number of aliphatic carboxylic acids is 1. The third kappa shape index (κ3) is 3.32. The number of hydrogen-bond acceptors (Lipinski definition) is 4. The standard InChI is InChI=1S/C15H28N2O3/c1-11(2)16-15(14(18)19)7-4-5-12(9-15)17-8-6-13(10-17)20-3/h11-13,16H,4-10H2,1-3H3,(H,18,19). The Bertz CT molecular complexity index is 348. The van der Waals surface area contributed by atoms with Crippen LogP contribution in [-0.4, -0.2) is 59.9 Å². The lowest BCUT2D eigenvalue weighted by Crippen LogP contribution is -2.60. The number of likely N-dealkylation sites (tertiary alicyclic amines) is 1. The lowest BCUT2D eigenvalue weighted by molar-refractivity contribution is -0.147. The molecule has 2 N–H and O–H groups in total. The fraction of sp³-hybridized carbons (Fsp3) is 0.933. The van der Waals surface area contributed by atoms with Gasteiger partial charge in [0, 0.05) is 32.3 Å². The average Bonchev–Trinajstić information content (AvgIpc) is 2.86. The first-order chi connectivity index (χ1) is 9.47. The van der Waals surface area contributed by atoms with Gasteiger partial charge in [0.15, 0.2) is 0 Å². The van der Waals surface area contributed by atoms with Crippen LogP contribution in [0.1, 0.15) is 46.0 Å². The molecule has 2 fully saturated rings. The minimum Gasteiger partial charge on any atom is -0.480 e. The zero-order valence-corrected chi connectivity index (χ0v) is 12.9. The molecule has 0 aromatic rings. The smallest absolute Gasteiger partial charge is 0.323 e. The van der Waals surface area contributed by atoms with Crippen molar-refractivity contribution in [1.29, 1.82) is 0 Å². The summed E-state index contributed by atoms with van der Waals surface area (Å²) < 4.78 is 5.42. The van der Waals surface area contributed by atoms with Gasteiger partial charge in [-0.1, -0.05) is 0 Å². The Morgan fingerprint density at radius 1 is 1.45 bits per heavy atom. The van der Waals surface area contributed by atoms with Crippen molar-refractivity contribution in [2.75, 3.05) is 20.2 Å². The van der Waals surface area contributed by atoms with E-state index in [0.717, 1.165) is 38.8 Å². The van der Waals surface area contributed by atoms with Crippen molar-refractivity contribution >= 4 is 5.97 Å². The van der Waals surface area contributed by atoms with Gasteiger partial charge in [0.25, 0.3) is 0 Å². The Hall–Kier alpha value is -0.650. The second-order valence-corrected chi connectivity index (χ2v) is 6.58. The van der Waals surface area contributed by atoms with Crippen molar-refractivity contribution in [3.05, 3.63) is 0 Å². The van der Waals surface area contributed by atoms with E-state index < -0.39 is 11.5 Å². The van der Waals surface area contributed by atoms with E-state index >= 15 is 0 Å². The van der Waals surface area contributed by atoms with Gasteiger partial charge in [-0.05, 0) is 46.0 Å². The number of ether oxygens (including phenoxy) is 1. The van der Waals surface area contributed by atoms with E-state index in [1.54, 1.807) is 7.11 Å². The summed E-state index contributed by atoms with van der Waals surface area (Å²) in [6, 6.07) is 0.557. The van der Waals surface area contributed by atoms with Gasteiger partial charge in [0.1, 0.15) is 5.54 Å². The molecule has 2 aliphatic rings. The fourth-order valence-corrected chi connectivity index (χ4v) is 3.78. The Morgan fingerprint density at radius 2 is 2.20 bits per heavy atom. The molecule has 5 heteroatoms. The number of rotatable bonds is 5. The van der Waals surface area contributed by atoms with E-state index in [4.69, 9.17) is 4.74 Å². The van der Waals surface area contributed by atoms with Crippen molar-refractivity contribution < 1.29 is 14.6 Å². The van der Waals surface area contributed by atoms with Gasteiger partial charge in [-0.15, -0.1) is 0 Å². The van der Waals surface area contributed by atoms with Gasteiger partial charge < -0.3 is 9.84 Å². The minimum absolute atomic E-state index is 0.190. The lowest BCUT2D eigenvalue weighted by atomic mass is 9.78. The zero-order valence-electron chi connectivity index (χ0n) is 12.9. The molecule has 1 saturated heterocycles. The molecule has 1 saturated carbocycles. The van der Waals surface area contributed by atoms with Crippen molar-refractivity contribution in [2.45, 2.75) is 69.7 Å². The minimum atomic E-state index is -0.748. The van der Waals surface area contributed by atoms with Crippen LogP contribution in [0.5, 0.6) is 0 Å². The summed E-state index contributed by atoms with van der Waals surface area (Å²) in [6.07, 6.45) is 4.89. The average molecular weight is 284 g/mol. The van der Waals surface area contributed by atoms with Crippen LogP contribution in [0.25, 0.3) is 0 Å². The molecule has 0 radical (unpaired) electrons. The first-order valence-corrected chi connectivity index (χ1v) is 7.75. The van der Waals surface area contributed by atoms with Crippen molar-refractivity contribution in [3.63, 3.8) is 0 Å². The van der Waals surface area contributed by atoms with E-state index in [1.807, 2.05) is 13.8 Å². The molecule has 5 nitrogen and oxygen atoms in total. The largest absolute Gasteiger partial charge is 0.480 e. The highest BCUT2D eigenvalue weighted by atomic mass is 16.5. The van der Waals surface area contributed by atoms with Crippen LogP contribution < -0.4 is 5.32 Å². The molecule has 1 heterocycles. The van der Waals surface area contributed by atoms with E-state index in [0.29, 0.717) is 18.6 Å². The zero-order chi connectivity index (χ0) is 14.8. The Kier molecular flexibility index (Phi) is 5.04. The molecule has 0 bridgehead atoms. The van der Waals surface area contributed by atoms with Crippen LogP contribution in [0.3, 0.4) is 0 Å². The predicted octanol–water partition coefficient (Wildman–Crippen LogP) is 1.47. The number of carbonyl (C=O) groups is 1. The Labute approximate surface area is 121 Å². The maximum Gasteiger partial charge on any atom is 0.323 e. The van der Waals surface area contributed by atoms with Crippen LogP contribution in [0, 0.1) is 0 Å². The normalized spacial score (nSPS) is 35.6. The van der Waals surface area contributed by atoms with Crippen LogP contribution >= 0.6 is 0 Å². The summed E-state index contributed by atoms with van der Waals surface area (Å²) in [5.74, 6) is -0.696. The number of carboxylic acids is 1. The second kappa shape index (κ2) is 6.41. The quantitative estimate of drug-likeness (QED) is 0.800. The van der Waals surface area contributed by atoms with Gasteiger partial charge in [0.05, 0.1) is 6.10 Å². The third-order valence-corrected chi connectivity index (χ3v) is 4.73. The third-order valence-electron chi connectivity index (χ3n) is 4.73. The Morgan fingerprint density at radius 3 is 2.75 bits per heavy atom. The van der Waals surface area contributed by atoms with Crippen LogP contribution in [0.4, 0.5) is 0 Å². The number of methoxy groups -OCH3 is 1. The van der Waals surface area contributed by atoms with Crippen LogP contribution in [-0.2, 0) is 9.53 Å². The number of hydrogen-bond donors (Lipinski definition) is 2. The molecule has 3 unspecified atom stereocenters. The molecule has 0 aromatic carbocycles. The highest BCUT2D eigenvalue weighted by Crippen LogP contribution is 2.33. The van der Waals surface area contributed by atoms with Gasteiger partial charge >= 0.3 is 5.97 Å². The van der Waals surface area contributed by atoms with Gasteiger partial charge in [-0.2, -0.15) is 0 Å². The lowest BCUT2D eigenvalue weighted by Gasteiger charge is -2.42. The van der Waals surface area contributed by atoms with E-state index in [9.17, 15) is 9.90 Å². The molecule has 0 spiro atoms. The second-order valence-electron chi connectivity index (χ2n) is 6.58. The van der Waals surface area contributed by atoms with Crippen molar-refractivity contribution in [1.82, 2.24) is 10.2 Å². The highest BCUT2D eigenvalue weighted by molar-refractivity contribution is 5.79. The molecular formula is C15H28N2O3. The monoisotopic (exact) mass is 284 g/mol. The van der Waals surface area contributed by atoms with E-state index in [2.05, 4.69) is 10.2 Å². The predicted molar refractivity (Wildman–Crippen MR) is 77.9 cm³/mol. The maximum atomic E-state index is 11.8. The first kappa shape index (κ1) is 15.7.